The van der Waals surface area contributed by atoms with Gasteiger partial charge in [-0.05, 0) is 80.1 Å². The van der Waals surface area contributed by atoms with Gasteiger partial charge >= 0.3 is 0 Å². The van der Waals surface area contributed by atoms with Gasteiger partial charge in [-0.15, -0.1) is 0 Å². The maximum Gasteiger partial charge on any atom is 0.273 e. The van der Waals surface area contributed by atoms with Crippen molar-refractivity contribution in [1.29, 1.82) is 0 Å². The quantitative estimate of drug-likeness (QED) is 0.310. The van der Waals surface area contributed by atoms with Crippen molar-refractivity contribution in [1.82, 2.24) is 25.0 Å². The Labute approximate surface area is 202 Å². The molecule has 174 valence electrons. The highest BCUT2D eigenvalue weighted by Gasteiger charge is 2.13. The third-order valence-corrected chi connectivity index (χ3v) is 5.70. The van der Waals surface area contributed by atoms with Crippen molar-refractivity contribution in [3.63, 3.8) is 0 Å². The lowest BCUT2D eigenvalue weighted by molar-refractivity contribution is 0.101. The first-order valence-corrected chi connectivity index (χ1v) is 11.2. The molecule has 0 bridgehead atoms. The molecule has 0 saturated carbocycles. The van der Waals surface area contributed by atoms with Crippen molar-refractivity contribution in [2.75, 3.05) is 10.6 Å². The molecule has 0 atom stereocenters. The molecule has 5 aromatic rings. The number of hydrogen-bond acceptors (Lipinski definition) is 5. The van der Waals surface area contributed by atoms with Crippen molar-refractivity contribution < 1.29 is 4.79 Å². The number of aromatic nitrogens is 5. The van der Waals surface area contributed by atoms with Crippen molar-refractivity contribution >= 4 is 46.0 Å². The van der Waals surface area contributed by atoms with E-state index < -0.39 is 0 Å². The van der Waals surface area contributed by atoms with Crippen LogP contribution in [0.25, 0.3) is 23.1 Å². The fourth-order valence-corrected chi connectivity index (χ4v) is 3.90. The Kier molecular flexibility index (Phi) is 5.85. The molecule has 0 saturated heterocycles. The molecule has 5 rings (SSSR count). The average Bonchev–Trinajstić information content (AvgIpc) is 3.42. The zero-order chi connectivity index (χ0) is 24.4. The molecule has 8 heteroatoms. The van der Waals surface area contributed by atoms with Crippen LogP contribution in [0.3, 0.4) is 0 Å². The highest BCUT2D eigenvalue weighted by Crippen LogP contribution is 2.27. The molecule has 0 radical (unpaired) electrons. The van der Waals surface area contributed by atoms with Crippen LogP contribution < -0.4 is 10.6 Å². The number of aryl methyl sites for hydroxylation is 3. The number of fused-ring (bicyclic) bond motifs is 1. The molecule has 0 aliphatic carbocycles. The van der Waals surface area contributed by atoms with E-state index in [2.05, 4.69) is 30.9 Å². The van der Waals surface area contributed by atoms with Crippen molar-refractivity contribution in [3.05, 3.63) is 95.2 Å². The molecule has 0 fully saturated rings. The number of H-pyrrole nitrogens is 1. The smallest absolute Gasteiger partial charge is 0.273 e. The highest BCUT2D eigenvalue weighted by atomic mass is 16.2. The SMILES string of the molecule is Cc1cc(C(=O)Nc2cc(Nc3ccc4c(C=Cc5ccccn5)n[nH]c4c3)ccc2C)n(C)n1. The minimum absolute atomic E-state index is 0.196. The van der Waals surface area contributed by atoms with Crippen LogP contribution in [0, 0.1) is 13.8 Å². The number of nitrogens with zero attached hydrogens (tertiary/aromatic N) is 4. The predicted molar refractivity (Wildman–Crippen MR) is 140 cm³/mol. The fraction of sp³-hybridized carbons (Fsp3) is 0.111. The Bertz CT molecular complexity index is 1550. The van der Waals surface area contributed by atoms with Gasteiger partial charge in [0.05, 0.1) is 22.6 Å². The maximum atomic E-state index is 12.7. The molecule has 2 aromatic carbocycles. The topological polar surface area (TPSA) is 101 Å². The summed E-state index contributed by atoms with van der Waals surface area (Å²) < 4.78 is 1.58. The summed E-state index contributed by atoms with van der Waals surface area (Å²) in [5, 5.41) is 19.2. The third-order valence-electron chi connectivity index (χ3n) is 5.70. The molecule has 0 spiro atoms. The van der Waals surface area contributed by atoms with Crippen molar-refractivity contribution in [3.8, 4) is 0 Å². The van der Waals surface area contributed by atoms with Gasteiger partial charge in [-0.1, -0.05) is 12.1 Å². The van der Waals surface area contributed by atoms with Crippen LogP contribution in [0.15, 0.2) is 66.9 Å². The van der Waals surface area contributed by atoms with Crippen molar-refractivity contribution in [2.45, 2.75) is 13.8 Å². The van der Waals surface area contributed by atoms with Gasteiger partial charge in [0.2, 0.25) is 0 Å². The Balaban J connectivity index is 1.34. The van der Waals surface area contributed by atoms with Crippen LogP contribution in [-0.4, -0.2) is 30.9 Å². The summed E-state index contributed by atoms with van der Waals surface area (Å²) in [5.41, 5.74) is 7.44. The summed E-state index contributed by atoms with van der Waals surface area (Å²) in [6, 6.07) is 19.5. The van der Waals surface area contributed by atoms with Crippen LogP contribution in [0.1, 0.15) is 33.1 Å². The van der Waals surface area contributed by atoms with Gasteiger partial charge in [0.25, 0.3) is 5.91 Å². The van der Waals surface area contributed by atoms with Gasteiger partial charge in [-0.3, -0.25) is 19.6 Å². The van der Waals surface area contributed by atoms with Crippen LogP contribution in [0.4, 0.5) is 17.1 Å². The Morgan fingerprint density at radius 2 is 1.83 bits per heavy atom. The standard InChI is InChI=1S/C27H25N7O/c1-17-7-8-20(15-24(17)30-27(35)26-14-18(2)33-34(26)3)29-21-9-11-22-23(31-32-25(22)16-21)12-10-19-6-4-5-13-28-19/h4-16,29H,1-3H3,(H,30,35)(H,31,32). The molecule has 35 heavy (non-hydrogen) atoms. The molecule has 8 nitrogen and oxygen atoms in total. The highest BCUT2D eigenvalue weighted by molar-refractivity contribution is 6.04. The number of carbonyl (C=O) groups excluding carboxylic acids is 1. The molecule has 3 heterocycles. The van der Waals surface area contributed by atoms with E-state index in [4.69, 9.17) is 0 Å². The number of hydrogen-bond donors (Lipinski definition) is 3. The summed E-state index contributed by atoms with van der Waals surface area (Å²) in [6.45, 7) is 3.83. The fourth-order valence-electron chi connectivity index (χ4n) is 3.90. The van der Waals surface area contributed by atoms with E-state index >= 15 is 0 Å². The zero-order valence-electron chi connectivity index (χ0n) is 19.7. The van der Waals surface area contributed by atoms with Crippen molar-refractivity contribution in [2.24, 2.45) is 7.05 Å². The first-order chi connectivity index (χ1) is 17.0. The first kappa shape index (κ1) is 22.1. The molecular weight excluding hydrogens is 438 g/mol. The Morgan fingerprint density at radius 1 is 1.00 bits per heavy atom. The van der Waals surface area contributed by atoms with E-state index in [1.807, 2.05) is 80.6 Å². The monoisotopic (exact) mass is 463 g/mol. The maximum absolute atomic E-state index is 12.7. The van der Waals surface area contributed by atoms with Gasteiger partial charge in [-0.2, -0.15) is 10.2 Å². The normalized spacial score (nSPS) is 11.3. The Morgan fingerprint density at radius 3 is 2.60 bits per heavy atom. The second kappa shape index (κ2) is 9.26. The van der Waals surface area contributed by atoms with E-state index in [1.165, 1.54) is 0 Å². The van der Waals surface area contributed by atoms with Gasteiger partial charge in [0.1, 0.15) is 5.69 Å². The number of nitrogens with one attached hydrogen (secondary N) is 3. The lowest BCUT2D eigenvalue weighted by atomic mass is 10.1. The van der Waals surface area contributed by atoms with Gasteiger partial charge in [-0.25, -0.2) is 0 Å². The minimum Gasteiger partial charge on any atom is -0.355 e. The average molecular weight is 464 g/mol. The van der Waals surface area contributed by atoms with E-state index in [0.717, 1.165) is 50.6 Å². The van der Waals surface area contributed by atoms with Crippen LogP contribution in [0.2, 0.25) is 0 Å². The van der Waals surface area contributed by atoms with Gasteiger partial charge in [0, 0.05) is 35.7 Å². The van der Waals surface area contributed by atoms with E-state index in [9.17, 15) is 4.79 Å². The molecule has 0 aliphatic rings. The molecule has 0 aliphatic heterocycles. The number of anilines is 3. The molecular formula is C27H25N7O. The summed E-state index contributed by atoms with van der Waals surface area (Å²) >= 11 is 0. The second-order valence-electron chi connectivity index (χ2n) is 8.36. The number of pyridine rings is 1. The van der Waals surface area contributed by atoms with Gasteiger partial charge in [0.15, 0.2) is 0 Å². The molecule has 1 amide bonds. The Hall–Kier alpha value is -4.72. The number of aromatic amines is 1. The largest absolute Gasteiger partial charge is 0.355 e. The van der Waals surface area contributed by atoms with E-state index in [0.29, 0.717) is 5.69 Å². The lowest BCUT2D eigenvalue weighted by Crippen LogP contribution is -2.16. The number of carbonyl (C=O) groups is 1. The van der Waals surface area contributed by atoms with Gasteiger partial charge < -0.3 is 10.6 Å². The number of amides is 1. The number of rotatable bonds is 6. The van der Waals surface area contributed by atoms with Crippen LogP contribution >= 0.6 is 0 Å². The first-order valence-electron chi connectivity index (χ1n) is 11.2. The van der Waals surface area contributed by atoms with Crippen LogP contribution in [0.5, 0.6) is 0 Å². The van der Waals surface area contributed by atoms with E-state index in [-0.39, 0.29) is 5.91 Å². The minimum atomic E-state index is -0.196. The third kappa shape index (κ3) is 4.81. The second-order valence-corrected chi connectivity index (χ2v) is 8.36. The van der Waals surface area contributed by atoms with Crippen LogP contribution in [-0.2, 0) is 7.05 Å². The summed E-state index contributed by atoms with van der Waals surface area (Å²) in [4.78, 5) is 17.1. The molecule has 3 aromatic heterocycles. The summed E-state index contributed by atoms with van der Waals surface area (Å²) in [5.74, 6) is -0.196. The predicted octanol–water partition coefficient (Wildman–Crippen LogP) is 5.47. The van der Waals surface area contributed by atoms with E-state index in [1.54, 1.807) is 24.0 Å². The molecule has 3 N–H and O–H groups in total. The summed E-state index contributed by atoms with van der Waals surface area (Å²) in [7, 11) is 1.76. The summed E-state index contributed by atoms with van der Waals surface area (Å²) in [6.07, 6.45) is 5.66. The number of benzene rings is 2. The molecule has 0 unspecified atom stereocenters. The zero-order valence-corrected chi connectivity index (χ0v) is 19.7. The lowest BCUT2D eigenvalue weighted by Gasteiger charge is -2.12.